The van der Waals surface area contributed by atoms with E-state index >= 15 is 0 Å². The second-order valence-electron chi connectivity index (χ2n) is 4.62. The molecule has 1 aromatic rings. The van der Waals surface area contributed by atoms with E-state index < -0.39 is 21.6 Å². The van der Waals surface area contributed by atoms with Crippen LogP contribution in [-0.4, -0.2) is 32.6 Å². The summed E-state index contributed by atoms with van der Waals surface area (Å²) in [6, 6.07) is 4.02. The van der Waals surface area contributed by atoms with Crippen molar-refractivity contribution in [3.05, 3.63) is 33.9 Å². The fraction of sp³-hybridized carbons (Fsp3) is 0.417. The van der Waals surface area contributed by atoms with Crippen molar-refractivity contribution < 1.29 is 13.9 Å². The van der Waals surface area contributed by atoms with Crippen molar-refractivity contribution in [3.8, 4) is 0 Å². The highest BCUT2D eigenvalue weighted by Crippen LogP contribution is 2.27. The number of nitrogens with one attached hydrogen (secondary N) is 1. The molecule has 1 aliphatic heterocycles. The number of benzene rings is 1. The van der Waals surface area contributed by atoms with Crippen LogP contribution < -0.4 is 11.1 Å². The Bertz CT molecular complexity index is 566. The van der Waals surface area contributed by atoms with Crippen LogP contribution in [-0.2, 0) is 10.8 Å². The fourth-order valence-electron chi connectivity index (χ4n) is 2.12. The normalized spacial score (nSPS) is 22.2. The van der Waals surface area contributed by atoms with E-state index in [0.29, 0.717) is 24.3 Å². The maximum Gasteiger partial charge on any atom is 0.292 e. The summed E-state index contributed by atoms with van der Waals surface area (Å²) >= 11 is 0. The lowest BCUT2D eigenvalue weighted by atomic mass is 10.1. The Balaban J connectivity index is 2.23. The van der Waals surface area contributed by atoms with Gasteiger partial charge in [-0.25, -0.2) is 0 Å². The zero-order valence-corrected chi connectivity index (χ0v) is 11.5. The molecule has 1 amide bonds. The van der Waals surface area contributed by atoms with Crippen LogP contribution in [0.15, 0.2) is 18.2 Å². The number of primary amides is 1. The minimum absolute atomic E-state index is 0.0227. The van der Waals surface area contributed by atoms with E-state index in [-0.39, 0.29) is 23.0 Å². The van der Waals surface area contributed by atoms with Crippen LogP contribution in [0.5, 0.6) is 0 Å². The molecule has 1 saturated heterocycles. The molecule has 7 nitrogen and oxygen atoms in total. The van der Waals surface area contributed by atoms with Crippen LogP contribution in [0.25, 0.3) is 0 Å². The zero-order chi connectivity index (χ0) is 14.7. The van der Waals surface area contributed by atoms with Gasteiger partial charge in [-0.15, -0.1) is 0 Å². The summed E-state index contributed by atoms with van der Waals surface area (Å²) in [5.74, 6) is 0.537. The van der Waals surface area contributed by atoms with Crippen molar-refractivity contribution in [3.63, 3.8) is 0 Å². The van der Waals surface area contributed by atoms with E-state index in [2.05, 4.69) is 5.32 Å². The molecule has 0 spiro atoms. The first-order chi connectivity index (χ1) is 9.47. The predicted octanol–water partition coefficient (Wildman–Crippen LogP) is 1.02. The van der Waals surface area contributed by atoms with Crippen molar-refractivity contribution >= 4 is 28.1 Å². The molecule has 1 heterocycles. The van der Waals surface area contributed by atoms with Crippen molar-refractivity contribution in [1.29, 1.82) is 0 Å². The molecule has 0 aliphatic carbocycles. The number of anilines is 1. The highest BCUT2D eigenvalue weighted by Gasteiger charge is 2.22. The van der Waals surface area contributed by atoms with Crippen molar-refractivity contribution in [2.45, 2.75) is 18.9 Å². The number of nitro benzene ring substituents is 1. The molecule has 108 valence electrons. The Kier molecular flexibility index (Phi) is 4.33. The number of rotatable bonds is 4. The molecule has 1 fully saturated rings. The molecular formula is C12H15N3O4S. The highest BCUT2D eigenvalue weighted by molar-refractivity contribution is 7.85. The summed E-state index contributed by atoms with van der Waals surface area (Å²) in [4.78, 5) is 21.6. The van der Waals surface area contributed by atoms with Gasteiger partial charge < -0.3 is 11.1 Å². The van der Waals surface area contributed by atoms with Gasteiger partial charge in [0.05, 0.1) is 4.92 Å². The molecule has 0 bridgehead atoms. The molecule has 3 N–H and O–H groups in total. The summed E-state index contributed by atoms with van der Waals surface area (Å²) in [7, 11) is -0.793. The monoisotopic (exact) mass is 297 g/mol. The average molecular weight is 297 g/mol. The van der Waals surface area contributed by atoms with Gasteiger partial charge in [-0.3, -0.25) is 19.1 Å². The molecule has 0 atom stereocenters. The Morgan fingerprint density at radius 1 is 1.40 bits per heavy atom. The van der Waals surface area contributed by atoms with Crippen molar-refractivity contribution in [2.24, 2.45) is 5.73 Å². The first-order valence-corrected chi connectivity index (χ1v) is 7.66. The molecule has 1 aliphatic rings. The summed E-state index contributed by atoms with van der Waals surface area (Å²) in [5, 5.41) is 14.1. The molecular weight excluding hydrogens is 282 g/mol. The lowest BCUT2D eigenvalue weighted by Crippen LogP contribution is -2.29. The van der Waals surface area contributed by atoms with Gasteiger partial charge in [0.25, 0.3) is 5.69 Å². The maximum atomic E-state index is 11.3. The minimum Gasteiger partial charge on any atom is -0.377 e. The van der Waals surface area contributed by atoms with E-state index in [1.54, 1.807) is 0 Å². The summed E-state index contributed by atoms with van der Waals surface area (Å²) in [6.07, 6.45) is 1.37. The number of nitrogens with zero attached hydrogens (tertiary/aromatic N) is 1. The largest absolute Gasteiger partial charge is 0.377 e. The standard InChI is InChI=1S/C12H15N3O4S/c13-12(16)8-1-2-11(15(17)18)10(7-8)14-9-3-5-20(19)6-4-9/h1-2,7,9,14H,3-6H2,(H2,13,16). The van der Waals surface area contributed by atoms with Crippen LogP contribution in [0.1, 0.15) is 23.2 Å². The number of hydrogen-bond donors (Lipinski definition) is 2. The van der Waals surface area contributed by atoms with E-state index in [9.17, 15) is 19.1 Å². The lowest BCUT2D eigenvalue weighted by molar-refractivity contribution is -0.384. The molecule has 20 heavy (non-hydrogen) atoms. The SMILES string of the molecule is NC(=O)c1ccc([N+](=O)[O-])c(NC2CCS(=O)CC2)c1. The Hall–Kier alpha value is -1.96. The molecule has 1 aromatic carbocycles. The van der Waals surface area contributed by atoms with Crippen LogP contribution in [0.3, 0.4) is 0 Å². The zero-order valence-electron chi connectivity index (χ0n) is 10.7. The molecule has 0 unspecified atom stereocenters. The Morgan fingerprint density at radius 2 is 2.05 bits per heavy atom. The summed E-state index contributed by atoms with van der Waals surface area (Å²) < 4.78 is 11.3. The first-order valence-electron chi connectivity index (χ1n) is 6.17. The lowest BCUT2D eigenvalue weighted by Gasteiger charge is -2.23. The molecule has 0 saturated carbocycles. The van der Waals surface area contributed by atoms with Crippen LogP contribution in [0, 0.1) is 10.1 Å². The average Bonchev–Trinajstić information content (AvgIpc) is 2.41. The predicted molar refractivity (Wildman–Crippen MR) is 76.1 cm³/mol. The van der Waals surface area contributed by atoms with E-state index in [1.165, 1.54) is 18.2 Å². The van der Waals surface area contributed by atoms with Gasteiger partial charge >= 0.3 is 0 Å². The van der Waals surface area contributed by atoms with Gasteiger partial charge in [0, 0.05) is 40.0 Å². The quantitative estimate of drug-likeness (QED) is 0.636. The van der Waals surface area contributed by atoms with Gasteiger partial charge in [0.1, 0.15) is 5.69 Å². The second-order valence-corrected chi connectivity index (χ2v) is 6.32. The van der Waals surface area contributed by atoms with Gasteiger partial charge in [0.15, 0.2) is 0 Å². The third-order valence-corrected chi connectivity index (χ3v) is 4.61. The molecule has 0 aromatic heterocycles. The van der Waals surface area contributed by atoms with Gasteiger partial charge in [-0.1, -0.05) is 0 Å². The van der Waals surface area contributed by atoms with Crippen molar-refractivity contribution in [2.75, 3.05) is 16.8 Å². The number of nitro groups is 1. The van der Waals surface area contributed by atoms with Crippen LogP contribution in [0.4, 0.5) is 11.4 Å². The highest BCUT2D eigenvalue weighted by atomic mass is 32.2. The number of carbonyl (C=O) groups excluding carboxylic acids is 1. The number of carbonyl (C=O) groups is 1. The number of nitrogens with two attached hydrogens (primary N) is 1. The molecule has 0 radical (unpaired) electrons. The second kappa shape index (κ2) is 6.00. The minimum atomic E-state index is -0.793. The van der Waals surface area contributed by atoms with Crippen LogP contribution in [0.2, 0.25) is 0 Å². The summed E-state index contributed by atoms with van der Waals surface area (Å²) in [5.41, 5.74) is 5.59. The van der Waals surface area contributed by atoms with Crippen molar-refractivity contribution in [1.82, 2.24) is 0 Å². The van der Waals surface area contributed by atoms with Gasteiger partial charge in [0.2, 0.25) is 5.91 Å². The molecule has 2 rings (SSSR count). The fourth-order valence-corrected chi connectivity index (χ4v) is 3.42. The summed E-state index contributed by atoms with van der Waals surface area (Å²) in [6.45, 7) is 0. The van der Waals surface area contributed by atoms with Gasteiger partial charge in [-0.05, 0) is 25.0 Å². The van der Waals surface area contributed by atoms with E-state index in [1.807, 2.05) is 0 Å². The first kappa shape index (κ1) is 14.4. The third kappa shape index (κ3) is 3.32. The Morgan fingerprint density at radius 3 is 2.60 bits per heavy atom. The Labute approximate surface area is 118 Å². The van der Waals surface area contributed by atoms with Crippen LogP contribution >= 0.6 is 0 Å². The van der Waals surface area contributed by atoms with E-state index in [4.69, 9.17) is 5.73 Å². The number of amides is 1. The molecule has 8 heteroatoms. The number of hydrogen-bond acceptors (Lipinski definition) is 5. The smallest absolute Gasteiger partial charge is 0.292 e. The third-order valence-electron chi connectivity index (χ3n) is 3.23. The van der Waals surface area contributed by atoms with Gasteiger partial charge in [-0.2, -0.15) is 0 Å². The van der Waals surface area contributed by atoms with E-state index in [0.717, 1.165) is 0 Å². The topological polar surface area (TPSA) is 115 Å². The maximum absolute atomic E-state index is 11.3.